The Labute approximate surface area is 108 Å². The number of hydrogen-bond donors (Lipinski definition) is 2. The standard InChI is InChI=1S/C12H23N3O3/c1-10-8-15(7-6-13-10)9-11(16)14-5-3-4-12(17)18-2/h10,13H,3-9H2,1-2H3,(H,14,16)/t10-/m1/s1. The molecule has 6 heteroatoms. The number of methoxy groups -OCH3 is 1. The lowest BCUT2D eigenvalue weighted by molar-refractivity contribution is -0.140. The van der Waals surface area contributed by atoms with Crippen LogP contribution in [0.1, 0.15) is 19.8 Å². The molecule has 6 nitrogen and oxygen atoms in total. The van der Waals surface area contributed by atoms with Crippen molar-refractivity contribution in [1.82, 2.24) is 15.5 Å². The molecule has 0 spiro atoms. The van der Waals surface area contributed by atoms with Crippen LogP contribution >= 0.6 is 0 Å². The molecule has 1 saturated heterocycles. The molecule has 1 aliphatic rings. The van der Waals surface area contributed by atoms with Crippen molar-refractivity contribution in [3.8, 4) is 0 Å². The van der Waals surface area contributed by atoms with Gasteiger partial charge in [-0.05, 0) is 13.3 Å². The molecule has 1 rings (SSSR count). The summed E-state index contributed by atoms with van der Waals surface area (Å²) >= 11 is 0. The maximum atomic E-state index is 11.6. The average Bonchev–Trinajstić information content (AvgIpc) is 2.34. The van der Waals surface area contributed by atoms with E-state index < -0.39 is 0 Å². The number of esters is 1. The van der Waals surface area contributed by atoms with E-state index in [2.05, 4.69) is 27.2 Å². The van der Waals surface area contributed by atoms with Crippen molar-refractivity contribution in [2.24, 2.45) is 0 Å². The lowest BCUT2D eigenvalue weighted by Gasteiger charge is -2.31. The second kappa shape index (κ2) is 8.05. The van der Waals surface area contributed by atoms with Gasteiger partial charge in [0.15, 0.2) is 0 Å². The summed E-state index contributed by atoms with van der Waals surface area (Å²) in [4.78, 5) is 24.6. The number of carbonyl (C=O) groups excluding carboxylic acids is 2. The van der Waals surface area contributed by atoms with Gasteiger partial charge in [-0.25, -0.2) is 0 Å². The second-order valence-electron chi connectivity index (χ2n) is 4.62. The molecular weight excluding hydrogens is 234 g/mol. The van der Waals surface area contributed by atoms with Crippen LogP contribution in [-0.4, -0.2) is 62.7 Å². The minimum atomic E-state index is -0.236. The summed E-state index contributed by atoms with van der Waals surface area (Å²) in [6.45, 7) is 5.80. The quantitative estimate of drug-likeness (QED) is 0.489. The van der Waals surface area contributed by atoms with E-state index in [1.807, 2.05) is 0 Å². The van der Waals surface area contributed by atoms with Crippen LogP contribution in [0.3, 0.4) is 0 Å². The van der Waals surface area contributed by atoms with Crippen molar-refractivity contribution < 1.29 is 14.3 Å². The zero-order valence-electron chi connectivity index (χ0n) is 11.2. The van der Waals surface area contributed by atoms with Crippen molar-refractivity contribution in [3.05, 3.63) is 0 Å². The fourth-order valence-corrected chi connectivity index (χ4v) is 1.98. The van der Waals surface area contributed by atoms with Gasteiger partial charge in [-0.3, -0.25) is 14.5 Å². The summed E-state index contributed by atoms with van der Waals surface area (Å²) in [5, 5.41) is 6.15. The molecule has 0 aromatic rings. The van der Waals surface area contributed by atoms with Gasteiger partial charge in [0.2, 0.25) is 5.91 Å². The topological polar surface area (TPSA) is 70.7 Å². The van der Waals surface area contributed by atoms with Crippen LogP contribution in [0.2, 0.25) is 0 Å². The Morgan fingerprint density at radius 2 is 2.28 bits per heavy atom. The van der Waals surface area contributed by atoms with Crippen molar-refractivity contribution in [3.63, 3.8) is 0 Å². The number of nitrogens with zero attached hydrogens (tertiary/aromatic N) is 1. The van der Waals surface area contributed by atoms with Crippen molar-refractivity contribution >= 4 is 11.9 Å². The molecule has 1 atom stereocenters. The smallest absolute Gasteiger partial charge is 0.305 e. The lowest BCUT2D eigenvalue weighted by Crippen LogP contribution is -2.51. The summed E-state index contributed by atoms with van der Waals surface area (Å²) in [7, 11) is 1.37. The molecule has 0 aromatic carbocycles. The van der Waals surface area contributed by atoms with Crippen LogP contribution in [0.25, 0.3) is 0 Å². The van der Waals surface area contributed by atoms with E-state index in [1.54, 1.807) is 0 Å². The van der Waals surface area contributed by atoms with E-state index >= 15 is 0 Å². The number of rotatable bonds is 6. The Bertz CT molecular complexity index is 284. The van der Waals surface area contributed by atoms with Gasteiger partial charge in [-0.2, -0.15) is 0 Å². The number of nitrogens with one attached hydrogen (secondary N) is 2. The molecule has 0 unspecified atom stereocenters. The summed E-state index contributed by atoms with van der Waals surface area (Å²) < 4.78 is 4.52. The fraction of sp³-hybridized carbons (Fsp3) is 0.833. The van der Waals surface area contributed by atoms with Gasteiger partial charge in [0.25, 0.3) is 0 Å². The lowest BCUT2D eigenvalue weighted by atomic mass is 10.2. The largest absolute Gasteiger partial charge is 0.469 e. The van der Waals surface area contributed by atoms with Gasteiger partial charge < -0.3 is 15.4 Å². The van der Waals surface area contributed by atoms with Crippen LogP contribution in [0.15, 0.2) is 0 Å². The van der Waals surface area contributed by atoms with Gasteiger partial charge in [-0.15, -0.1) is 0 Å². The molecule has 0 saturated carbocycles. The molecule has 1 fully saturated rings. The Hall–Kier alpha value is -1.14. The molecule has 0 radical (unpaired) electrons. The van der Waals surface area contributed by atoms with Crippen LogP contribution in [0.5, 0.6) is 0 Å². The fourth-order valence-electron chi connectivity index (χ4n) is 1.98. The first-order valence-corrected chi connectivity index (χ1v) is 6.41. The van der Waals surface area contributed by atoms with E-state index in [-0.39, 0.29) is 11.9 Å². The number of hydrogen-bond acceptors (Lipinski definition) is 5. The maximum Gasteiger partial charge on any atom is 0.305 e. The number of piperazine rings is 1. The summed E-state index contributed by atoms with van der Waals surface area (Å²) in [5.74, 6) is -0.214. The number of amides is 1. The minimum absolute atomic E-state index is 0.0222. The molecule has 0 aromatic heterocycles. The van der Waals surface area contributed by atoms with Gasteiger partial charge in [0, 0.05) is 38.6 Å². The minimum Gasteiger partial charge on any atom is -0.469 e. The molecule has 1 aliphatic heterocycles. The summed E-state index contributed by atoms with van der Waals surface area (Å²) in [5.41, 5.74) is 0. The zero-order chi connectivity index (χ0) is 13.4. The molecule has 0 aliphatic carbocycles. The number of carbonyl (C=O) groups is 2. The van der Waals surface area contributed by atoms with Gasteiger partial charge in [-0.1, -0.05) is 0 Å². The van der Waals surface area contributed by atoms with E-state index in [1.165, 1.54) is 7.11 Å². The maximum absolute atomic E-state index is 11.6. The normalized spacial score (nSPS) is 20.4. The van der Waals surface area contributed by atoms with Gasteiger partial charge >= 0.3 is 5.97 Å². The Balaban J connectivity index is 2.08. The second-order valence-corrected chi connectivity index (χ2v) is 4.62. The average molecular weight is 257 g/mol. The monoisotopic (exact) mass is 257 g/mol. The highest BCUT2D eigenvalue weighted by Crippen LogP contribution is 1.97. The molecule has 0 bridgehead atoms. The third kappa shape index (κ3) is 5.97. The highest BCUT2D eigenvalue weighted by molar-refractivity contribution is 5.78. The van der Waals surface area contributed by atoms with E-state index in [0.29, 0.717) is 32.0 Å². The van der Waals surface area contributed by atoms with Crippen LogP contribution in [-0.2, 0) is 14.3 Å². The highest BCUT2D eigenvalue weighted by Gasteiger charge is 2.17. The van der Waals surface area contributed by atoms with E-state index in [9.17, 15) is 9.59 Å². The summed E-state index contributed by atoms with van der Waals surface area (Å²) in [6, 6.07) is 0.436. The third-order valence-corrected chi connectivity index (χ3v) is 2.93. The third-order valence-electron chi connectivity index (χ3n) is 2.93. The molecule has 104 valence electrons. The number of ether oxygens (including phenoxy) is 1. The highest BCUT2D eigenvalue weighted by atomic mass is 16.5. The van der Waals surface area contributed by atoms with Crippen molar-refractivity contribution in [2.75, 3.05) is 39.8 Å². The first-order valence-electron chi connectivity index (χ1n) is 6.41. The van der Waals surface area contributed by atoms with Crippen molar-refractivity contribution in [1.29, 1.82) is 0 Å². The Kier molecular flexibility index (Phi) is 6.67. The molecule has 1 heterocycles. The predicted molar refractivity (Wildman–Crippen MR) is 68.2 cm³/mol. The van der Waals surface area contributed by atoms with Crippen molar-refractivity contribution in [2.45, 2.75) is 25.8 Å². The Morgan fingerprint density at radius 1 is 1.50 bits per heavy atom. The first kappa shape index (κ1) is 14.9. The molecular formula is C12H23N3O3. The molecule has 18 heavy (non-hydrogen) atoms. The summed E-state index contributed by atoms with van der Waals surface area (Å²) in [6.07, 6.45) is 0.970. The zero-order valence-corrected chi connectivity index (χ0v) is 11.2. The first-order chi connectivity index (χ1) is 8.61. The molecule has 2 N–H and O–H groups in total. The van der Waals surface area contributed by atoms with Crippen LogP contribution in [0, 0.1) is 0 Å². The SMILES string of the molecule is COC(=O)CCCNC(=O)CN1CCN[C@H](C)C1. The van der Waals surface area contributed by atoms with Gasteiger partial charge in [0.05, 0.1) is 13.7 Å². The van der Waals surface area contributed by atoms with E-state index in [0.717, 1.165) is 19.6 Å². The van der Waals surface area contributed by atoms with Crippen LogP contribution < -0.4 is 10.6 Å². The Morgan fingerprint density at radius 3 is 2.94 bits per heavy atom. The molecule has 1 amide bonds. The van der Waals surface area contributed by atoms with Gasteiger partial charge in [0.1, 0.15) is 0 Å². The predicted octanol–water partition coefficient (Wildman–Crippen LogP) is -0.650. The van der Waals surface area contributed by atoms with Crippen LogP contribution in [0.4, 0.5) is 0 Å². The van der Waals surface area contributed by atoms with E-state index in [4.69, 9.17) is 0 Å².